The summed E-state index contributed by atoms with van der Waals surface area (Å²) in [5.41, 5.74) is 6.98. The molecule has 2 heterocycles. The zero-order valence-electron chi connectivity index (χ0n) is 11.7. The molecule has 0 fully saturated rings. The van der Waals surface area contributed by atoms with Crippen LogP contribution in [-0.4, -0.2) is 21.1 Å². The Morgan fingerprint density at radius 1 is 1.27 bits per heavy atom. The maximum atomic E-state index is 12.4. The number of nitrogens with one attached hydrogen (secondary N) is 1. The number of benzene rings is 1. The van der Waals surface area contributed by atoms with Crippen molar-refractivity contribution in [3.8, 4) is 0 Å². The Morgan fingerprint density at radius 2 is 2.05 bits per heavy atom. The normalized spacial score (nSPS) is 12.0. The lowest BCUT2D eigenvalue weighted by molar-refractivity contribution is 0.0938. The van der Waals surface area contributed by atoms with Crippen molar-refractivity contribution in [2.45, 2.75) is 13.0 Å². The average molecular weight is 331 g/mol. The molecule has 0 saturated heterocycles. The van der Waals surface area contributed by atoms with Crippen LogP contribution >= 0.6 is 22.7 Å². The van der Waals surface area contributed by atoms with Crippen LogP contribution in [0.25, 0.3) is 0 Å². The van der Waals surface area contributed by atoms with Gasteiger partial charge in [0, 0.05) is 5.38 Å². The van der Waals surface area contributed by atoms with E-state index in [1.165, 1.54) is 22.7 Å². The molecule has 0 aliphatic carbocycles. The smallest absolute Gasteiger partial charge is 0.271 e. The standard InChI is InChI=1S/C14H13N5OS2/c1-8-16-10(7-21-8)12(20)17-11(9-5-3-2-4-6-9)13-18-19-14(15)22-13/h2-7,11H,1H3,(H2,15,19)(H,17,20). The van der Waals surface area contributed by atoms with Gasteiger partial charge in [-0.1, -0.05) is 41.7 Å². The highest BCUT2D eigenvalue weighted by Gasteiger charge is 2.22. The summed E-state index contributed by atoms with van der Waals surface area (Å²) < 4.78 is 0. The molecule has 0 radical (unpaired) electrons. The molecule has 1 atom stereocenters. The Morgan fingerprint density at radius 3 is 2.64 bits per heavy atom. The third-order valence-electron chi connectivity index (χ3n) is 2.96. The van der Waals surface area contributed by atoms with Gasteiger partial charge in [-0.25, -0.2) is 4.98 Å². The van der Waals surface area contributed by atoms with Crippen molar-refractivity contribution < 1.29 is 4.79 Å². The summed E-state index contributed by atoms with van der Waals surface area (Å²) in [7, 11) is 0. The number of amides is 1. The molecule has 112 valence electrons. The fraction of sp³-hybridized carbons (Fsp3) is 0.143. The van der Waals surface area contributed by atoms with Crippen molar-refractivity contribution in [3.05, 3.63) is 57.0 Å². The van der Waals surface area contributed by atoms with Gasteiger partial charge in [0.15, 0.2) is 0 Å². The Bertz CT molecular complexity index is 783. The van der Waals surface area contributed by atoms with Gasteiger partial charge in [0.1, 0.15) is 16.7 Å². The van der Waals surface area contributed by atoms with Crippen LogP contribution in [0.2, 0.25) is 0 Å². The number of nitrogens with zero attached hydrogens (tertiary/aromatic N) is 3. The first-order chi connectivity index (χ1) is 10.6. The van der Waals surface area contributed by atoms with Gasteiger partial charge in [-0.15, -0.1) is 21.5 Å². The zero-order valence-corrected chi connectivity index (χ0v) is 13.3. The summed E-state index contributed by atoms with van der Waals surface area (Å²) in [4.78, 5) is 16.6. The highest BCUT2D eigenvalue weighted by Crippen LogP contribution is 2.26. The van der Waals surface area contributed by atoms with Gasteiger partial charge >= 0.3 is 0 Å². The predicted octanol–water partition coefficient (Wildman–Crippen LogP) is 2.40. The van der Waals surface area contributed by atoms with Crippen LogP contribution in [0.1, 0.15) is 32.1 Å². The first-order valence-corrected chi connectivity index (χ1v) is 8.20. The minimum absolute atomic E-state index is 0.244. The summed E-state index contributed by atoms with van der Waals surface area (Å²) in [5.74, 6) is -0.244. The number of aryl methyl sites for hydroxylation is 1. The van der Waals surface area contributed by atoms with Crippen molar-refractivity contribution in [2.75, 3.05) is 5.73 Å². The lowest BCUT2D eigenvalue weighted by atomic mass is 10.1. The number of thiazole rings is 1. The van der Waals surface area contributed by atoms with Gasteiger partial charge in [0.05, 0.1) is 5.01 Å². The Hall–Kier alpha value is -2.32. The van der Waals surface area contributed by atoms with E-state index >= 15 is 0 Å². The predicted molar refractivity (Wildman–Crippen MR) is 86.9 cm³/mol. The molecule has 0 aliphatic heterocycles. The van der Waals surface area contributed by atoms with Crippen LogP contribution in [0.5, 0.6) is 0 Å². The molecule has 0 saturated carbocycles. The molecular weight excluding hydrogens is 318 g/mol. The second-order valence-corrected chi connectivity index (χ2v) is 6.65. The van der Waals surface area contributed by atoms with E-state index in [-0.39, 0.29) is 5.91 Å². The van der Waals surface area contributed by atoms with Gasteiger partial charge in [-0.3, -0.25) is 4.79 Å². The molecule has 1 amide bonds. The summed E-state index contributed by atoms with van der Waals surface area (Å²) in [6, 6.07) is 9.19. The molecule has 0 bridgehead atoms. The monoisotopic (exact) mass is 331 g/mol. The minimum atomic E-state index is -0.398. The Balaban J connectivity index is 1.91. The van der Waals surface area contributed by atoms with E-state index in [4.69, 9.17) is 5.73 Å². The number of nitrogens with two attached hydrogens (primary N) is 1. The second kappa shape index (κ2) is 6.20. The van der Waals surface area contributed by atoms with Crippen LogP contribution < -0.4 is 11.1 Å². The number of carbonyl (C=O) groups excluding carboxylic acids is 1. The highest BCUT2D eigenvalue weighted by atomic mass is 32.1. The molecular formula is C14H13N5OS2. The summed E-state index contributed by atoms with van der Waals surface area (Å²) in [6.07, 6.45) is 0. The molecule has 0 spiro atoms. The van der Waals surface area contributed by atoms with Crippen LogP contribution in [0, 0.1) is 6.92 Å². The van der Waals surface area contributed by atoms with Gasteiger partial charge in [-0.05, 0) is 12.5 Å². The number of aromatic nitrogens is 3. The summed E-state index contributed by atoms with van der Waals surface area (Å²) in [6.45, 7) is 1.86. The van der Waals surface area contributed by atoms with Crippen LogP contribution in [0.3, 0.4) is 0 Å². The summed E-state index contributed by atoms with van der Waals surface area (Å²) >= 11 is 2.69. The van der Waals surface area contributed by atoms with E-state index in [9.17, 15) is 4.79 Å². The van der Waals surface area contributed by atoms with Gasteiger partial charge in [-0.2, -0.15) is 0 Å². The number of hydrogen-bond donors (Lipinski definition) is 2. The molecule has 6 nitrogen and oxygen atoms in total. The van der Waals surface area contributed by atoms with E-state index in [0.717, 1.165) is 10.6 Å². The lowest BCUT2D eigenvalue weighted by Gasteiger charge is -2.15. The van der Waals surface area contributed by atoms with E-state index in [2.05, 4.69) is 20.5 Å². The summed E-state index contributed by atoms with van der Waals surface area (Å²) in [5, 5.41) is 14.4. The van der Waals surface area contributed by atoms with E-state index in [0.29, 0.717) is 15.8 Å². The number of hydrogen-bond acceptors (Lipinski definition) is 7. The third kappa shape index (κ3) is 3.12. The molecule has 22 heavy (non-hydrogen) atoms. The molecule has 8 heteroatoms. The number of nitrogen functional groups attached to an aromatic ring is 1. The van der Waals surface area contributed by atoms with Crippen molar-refractivity contribution in [3.63, 3.8) is 0 Å². The first-order valence-electron chi connectivity index (χ1n) is 6.50. The number of carbonyl (C=O) groups is 1. The molecule has 3 rings (SSSR count). The Kier molecular flexibility index (Phi) is 4.12. The molecule has 3 N–H and O–H groups in total. The van der Waals surface area contributed by atoms with Crippen molar-refractivity contribution in [2.24, 2.45) is 0 Å². The number of anilines is 1. The fourth-order valence-corrected chi connectivity index (χ4v) is 3.25. The third-order valence-corrected chi connectivity index (χ3v) is 4.55. The van der Waals surface area contributed by atoms with Gasteiger partial charge < -0.3 is 11.1 Å². The second-order valence-electron chi connectivity index (χ2n) is 4.55. The molecule has 2 aromatic heterocycles. The zero-order chi connectivity index (χ0) is 15.5. The first kappa shape index (κ1) is 14.6. The molecule has 3 aromatic rings. The maximum Gasteiger partial charge on any atom is 0.271 e. The van der Waals surface area contributed by atoms with Crippen molar-refractivity contribution in [1.82, 2.24) is 20.5 Å². The lowest BCUT2D eigenvalue weighted by Crippen LogP contribution is -2.29. The molecule has 0 aliphatic rings. The maximum absolute atomic E-state index is 12.4. The van der Waals surface area contributed by atoms with Crippen LogP contribution in [0.15, 0.2) is 35.7 Å². The van der Waals surface area contributed by atoms with E-state index in [1.807, 2.05) is 37.3 Å². The van der Waals surface area contributed by atoms with E-state index < -0.39 is 6.04 Å². The quantitative estimate of drug-likeness (QED) is 0.765. The fourth-order valence-electron chi connectivity index (χ4n) is 1.97. The molecule has 1 aromatic carbocycles. The topological polar surface area (TPSA) is 93.8 Å². The minimum Gasteiger partial charge on any atom is -0.374 e. The van der Waals surface area contributed by atoms with Crippen LogP contribution in [0.4, 0.5) is 5.13 Å². The Labute approximate surface area is 135 Å². The van der Waals surface area contributed by atoms with E-state index in [1.54, 1.807) is 5.38 Å². The molecule has 1 unspecified atom stereocenters. The van der Waals surface area contributed by atoms with Crippen molar-refractivity contribution in [1.29, 1.82) is 0 Å². The number of rotatable bonds is 4. The van der Waals surface area contributed by atoms with Crippen LogP contribution in [-0.2, 0) is 0 Å². The van der Waals surface area contributed by atoms with Gasteiger partial charge in [0.2, 0.25) is 5.13 Å². The highest BCUT2D eigenvalue weighted by molar-refractivity contribution is 7.15. The largest absolute Gasteiger partial charge is 0.374 e. The van der Waals surface area contributed by atoms with Crippen molar-refractivity contribution >= 4 is 33.7 Å². The average Bonchev–Trinajstić information content (AvgIpc) is 3.14. The SMILES string of the molecule is Cc1nc(C(=O)NC(c2ccccc2)c2nnc(N)s2)cs1. The van der Waals surface area contributed by atoms with Gasteiger partial charge in [0.25, 0.3) is 5.91 Å².